The van der Waals surface area contributed by atoms with Crippen LogP contribution in [0.25, 0.3) is 0 Å². The maximum absolute atomic E-state index is 13.4. The summed E-state index contributed by atoms with van der Waals surface area (Å²) in [6, 6.07) is 7.55. The van der Waals surface area contributed by atoms with Gasteiger partial charge in [-0.05, 0) is 53.0 Å². The Morgan fingerprint density at radius 1 is 1.21 bits per heavy atom. The standard InChI is InChI=1S/C18H16BrFN2O2/c19-12-9-10(5-7-13(12)20)17(24)11-6-8-16(23)22-15-4-2-1-3-14(15)21-18(11)22/h5-9,14-15,21H,1-4H2/t14-,15-/m1/s1. The fourth-order valence-electron chi connectivity index (χ4n) is 3.77. The Balaban J connectivity index is 1.80. The van der Waals surface area contributed by atoms with Gasteiger partial charge < -0.3 is 5.32 Å². The lowest BCUT2D eigenvalue weighted by atomic mass is 9.91. The van der Waals surface area contributed by atoms with Crippen LogP contribution in [0.1, 0.15) is 47.6 Å². The zero-order chi connectivity index (χ0) is 16.8. The van der Waals surface area contributed by atoms with Crippen molar-refractivity contribution >= 4 is 27.5 Å². The third-order valence-electron chi connectivity index (χ3n) is 4.94. The van der Waals surface area contributed by atoms with Crippen molar-refractivity contribution in [2.75, 3.05) is 5.32 Å². The first-order chi connectivity index (χ1) is 11.6. The molecule has 2 aromatic rings. The number of halogens is 2. The number of nitrogens with one attached hydrogen (secondary N) is 1. The van der Waals surface area contributed by atoms with Crippen LogP contribution in [-0.2, 0) is 0 Å². The number of hydrogen-bond donors (Lipinski definition) is 1. The fourth-order valence-corrected chi connectivity index (χ4v) is 4.15. The lowest BCUT2D eigenvalue weighted by Gasteiger charge is -2.25. The second-order valence-corrected chi connectivity index (χ2v) is 7.22. The Labute approximate surface area is 146 Å². The summed E-state index contributed by atoms with van der Waals surface area (Å²) in [5.41, 5.74) is 0.771. The van der Waals surface area contributed by atoms with E-state index in [9.17, 15) is 14.0 Å². The smallest absolute Gasteiger partial charge is 0.252 e. The number of fused-ring (bicyclic) bond motifs is 3. The highest BCUT2D eigenvalue weighted by molar-refractivity contribution is 9.10. The van der Waals surface area contributed by atoms with Gasteiger partial charge in [-0.3, -0.25) is 14.2 Å². The molecular weight excluding hydrogens is 375 g/mol. The van der Waals surface area contributed by atoms with E-state index in [0.29, 0.717) is 16.9 Å². The predicted molar refractivity (Wildman–Crippen MR) is 93.2 cm³/mol. The quantitative estimate of drug-likeness (QED) is 0.791. The molecule has 2 atom stereocenters. The number of carbonyl (C=O) groups is 1. The molecule has 1 aromatic heterocycles. The highest BCUT2D eigenvalue weighted by Gasteiger charge is 2.36. The molecule has 24 heavy (non-hydrogen) atoms. The average molecular weight is 391 g/mol. The largest absolute Gasteiger partial charge is 0.366 e. The fraction of sp³-hybridized carbons (Fsp3) is 0.333. The Kier molecular flexibility index (Phi) is 3.79. The van der Waals surface area contributed by atoms with E-state index in [2.05, 4.69) is 21.2 Å². The van der Waals surface area contributed by atoms with Crippen LogP contribution in [0.2, 0.25) is 0 Å². The zero-order valence-electron chi connectivity index (χ0n) is 12.9. The van der Waals surface area contributed by atoms with Gasteiger partial charge in [-0.1, -0.05) is 12.8 Å². The molecule has 0 bridgehead atoms. The molecule has 1 N–H and O–H groups in total. The van der Waals surface area contributed by atoms with Crippen LogP contribution in [0.4, 0.5) is 10.2 Å². The van der Waals surface area contributed by atoms with Crippen molar-refractivity contribution in [3.63, 3.8) is 0 Å². The lowest BCUT2D eigenvalue weighted by Crippen LogP contribution is -2.29. The van der Waals surface area contributed by atoms with Gasteiger partial charge in [0.1, 0.15) is 11.6 Å². The number of ketones is 1. The van der Waals surface area contributed by atoms with E-state index in [0.717, 1.165) is 25.7 Å². The van der Waals surface area contributed by atoms with Crippen molar-refractivity contribution in [3.8, 4) is 0 Å². The van der Waals surface area contributed by atoms with E-state index in [1.165, 1.54) is 24.3 Å². The van der Waals surface area contributed by atoms with Gasteiger partial charge in [0, 0.05) is 17.7 Å². The van der Waals surface area contributed by atoms with Crippen LogP contribution in [0, 0.1) is 5.82 Å². The third kappa shape index (κ3) is 2.40. The summed E-state index contributed by atoms with van der Waals surface area (Å²) in [6.45, 7) is 0. The summed E-state index contributed by atoms with van der Waals surface area (Å²) in [5, 5.41) is 3.38. The minimum atomic E-state index is -0.412. The van der Waals surface area contributed by atoms with Gasteiger partial charge in [0.15, 0.2) is 5.78 Å². The Bertz CT molecular complexity index is 893. The SMILES string of the molecule is O=C(c1ccc(F)c(Br)c1)c1ccc(=O)n2c1N[C@@H]1CCCC[C@H]12. The topological polar surface area (TPSA) is 51.1 Å². The first kappa shape index (κ1) is 15.6. The van der Waals surface area contributed by atoms with Crippen molar-refractivity contribution in [1.29, 1.82) is 0 Å². The van der Waals surface area contributed by atoms with Crippen molar-refractivity contribution < 1.29 is 9.18 Å². The number of carbonyl (C=O) groups excluding carboxylic acids is 1. The molecule has 0 amide bonds. The molecule has 1 aliphatic heterocycles. The minimum absolute atomic E-state index is 0.0799. The molecule has 124 valence electrons. The Morgan fingerprint density at radius 2 is 2.00 bits per heavy atom. The van der Waals surface area contributed by atoms with Gasteiger partial charge in [0.2, 0.25) is 0 Å². The summed E-state index contributed by atoms with van der Waals surface area (Å²) >= 11 is 3.11. The predicted octanol–water partition coefficient (Wildman–Crippen LogP) is 3.89. The van der Waals surface area contributed by atoms with Crippen LogP contribution in [0.15, 0.2) is 39.6 Å². The Morgan fingerprint density at radius 3 is 2.79 bits per heavy atom. The first-order valence-corrected chi connectivity index (χ1v) is 8.87. The van der Waals surface area contributed by atoms with E-state index >= 15 is 0 Å². The molecular formula is C18H16BrFN2O2. The molecule has 1 aliphatic carbocycles. The van der Waals surface area contributed by atoms with Gasteiger partial charge >= 0.3 is 0 Å². The molecule has 1 saturated carbocycles. The van der Waals surface area contributed by atoms with Crippen molar-refractivity contribution in [3.05, 3.63) is 62.1 Å². The highest BCUT2D eigenvalue weighted by atomic mass is 79.9. The molecule has 0 radical (unpaired) electrons. The van der Waals surface area contributed by atoms with E-state index in [1.807, 2.05) is 0 Å². The molecule has 4 rings (SSSR count). The van der Waals surface area contributed by atoms with Crippen molar-refractivity contribution in [2.24, 2.45) is 0 Å². The monoisotopic (exact) mass is 390 g/mol. The average Bonchev–Trinajstić information content (AvgIpc) is 2.97. The van der Waals surface area contributed by atoms with Crippen LogP contribution >= 0.6 is 15.9 Å². The molecule has 2 heterocycles. The highest BCUT2D eigenvalue weighted by Crippen LogP contribution is 2.38. The van der Waals surface area contributed by atoms with Crippen LogP contribution in [0.3, 0.4) is 0 Å². The third-order valence-corrected chi connectivity index (χ3v) is 5.54. The Hall–Kier alpha value is -1.95. The summed E-state index contributed by atoms with van der Waals surface area (Å²) in [6.07, 6.45) is 4.18. The summed E-state index contributed by atoms with van der Waals surface area (Å²) < 4.78 is 15.4. The normalized spacial score (nSPS) is 21.8. The van der Waals surface area contributed by atoms with Crippen LogP contribution < -0.4 is 10.9 Å². The first-order valence-electron chi connectivity index (χ1n) is 8.08. The van der Waals surface area contributed by atoms with Gasteiger partial charge in [0.05, 0.1) is 16.1 Å². The summed E-state index contributed by atoms with van der Waals surface area (Å²) in [7, 11) is 0. The summed E-state index contributed by atoms with van der Waals surface area (Å²) in [5.74, 6) is -0.0272. The molecule has 0 saturated heterocycles. The van der Waals surface area contributed by atoms with Crippen LogP contribution in [-0.4, -0.2) is 16.4 Å². The number of rotatable bonds is 2. The maximum atomic E-state index is 13.4. The van der Waals surface area contributed by atoms with Gasteiger partial charge in [-0.2, -0.15) is 0 Å². The number of benzene rings is 1. The number of pyridine rings is 1. The van der Waals surface area contributed by atoms with Crippen LogP contribution in [0.5, 0.6) is 0 Å². The van der Waals surface area contributed by atoms with Gasteiger partial charge in [-0.15, -0.1) is 0 Å². The van der Waals surface area contributed by atoms with Crippen molar-refractivity contribution in [2.45, 2.75) is 37.8 Å². The second kappa shape index (κ2) is 5.84. The van der Waals surface area contributed by atoms with Gasteiger partial charge in [-0.25, -0.2) is 4.39 Å². The van der Waals surface area contributed by atoms with E-state index in [1.54, 1.807) is 10.6 Å². The number of aromatic nitrogens is 1. The zero-order valence-corrected chi connectivity index (χ0v) is 14.5. The van der Waals surface area contributed by atoms with E-state index in [4.69, 9.17) is 0 Å². The summed E-state index contributed by atoms with van der Waals surface area (Å²) in [4.78, 5) is 25.2. The lowest BCUT2D eigenvalue weighted by molar-refractivity contribution is 0.103. The molecule has 1 aromatic carbocycles. The molecule has 0 unspecified atom stereocenters. The molecule has 4 nitrogen and oxygen atoms in total. The maximum Gasteiger partial charge on any atom is 0.252 e. The number of hydrogen-bond acceptors (Lipinski definition) is 3. The number of anilines is 1. The number of nitrogens with zero attached hydrogens (tertiary/aromatic N) is 1. The molecule has 6 heteroatoms. The van der Waals surface area contributed by atoms with E-state index < -0.39 is 5.82 Å². The van der Waals surface area contributed by atoms with Crippen molar-refractivity contribution in [1.82, 2.24) is 4.57 Å². The molecule has 2 aliphatic rings. The molecule has 0 spiro atoms. The second-order valence-electron chi connectivity index (χ2n) is 6.36. The minimum Gasteiger partial charge on any atom is -0.366 e. The van der Waals surface area contributed by atoms with Gasteiger partial charge in [0.25, 0.3) is 5.56 Å². The van der Waals surface area contributed by atoms with E-state index in [-0.39, 0.29) is 27.9 Å². The molecule has 1 fully saturated rings.